The fourth-order valence-corrected chi connectivity index (χ4v) is 2.86. The number of aliphatic carboxylic acids is 1. The Morgan fingerprint density at radius 2 is 1.95 bits per heavy atom. The molecule has 2 atom stereocenters. The molecule has 0 aromatic carbocycles. The van der Waals surface area contributed by atoms with Crippen LogP contribution in [-0.2, 0) is 9.59 Å². The van der Waals surface area contributed by atoms with Gasteiger partial charge in [-0.05, 0) is 45.1 Å². The molecular weight excluding hydrogens is 268 g/mol. The van der Waals surface area contributed by atoms with Crippen molar-refractivity contribution in [3.63, 3.8) is 0 Å². The maximum atomic E-state index is 12.1. The quantitative estimate of drug-likeness (QED) is 0.721. The third kappa shape index (κ3) is 7.46. The van der Waals surface area contributed by atoms with Crippen LogP contribution >= 0.6 is 0 Å². The number of amides is 1. The smallest absolute Gasteiger partial charge is 0.304 e. The fraction of sp³-hybridized carbons (Fsp3) is 0.875. The van der Waals surface area contributed by atoms with Crippen LogP contribution in [0, 0.1) is 5.92 Å². The molecule has 0 saturated carbocycles. The predicted octanol–water partition coefficient (Wildman–Crippen LogP) is 2.26. The Morgan fingerprint density at radius 1 is 1.24 bits per heavy atom. The zero-order valence-corrected chi connectivity index (χ0v) is 13.6. The number of likely N-dealkylation sites (tertiary alicyclic amines) is 1. The molecule has 1 fully saturated rings. The second-order valence-electron chi connectivity index (χ2n) is 6.66. The molecule has 5 nitrogen and oxygen atoms in total. The van der Waals surface area contributed by atoms with E-state index in [2.05, 4.69) is 19.2 Å². The van der Waals surface area contributed by atoms with E-state index in [4.69, 9.17) is 5.11 Å². The second kappa shape index (κ2) is 9.03. The van der Waals surface area contributed by atoms with Crippen LogP contribution in [0.2, 0.25) is 0 Å². The van der Waals surface area contributed by atoms with Gasteiger partial charge in [-0.1, -0.05) is 20.3 Å². The summed E-state index contributed by atoms with van der Waals surface area (Å²) in [6.45, 7) is 7.54. The summed E-state index contributed by atoms with van der Waals surface area (Å²) in [5.41, 5.74) is 0. The summed E-state index contributed by atoms with van der Waals surface area (Å²) >= 11 is 0. The van der Waals surface area contributed by atoms with Gasteiger partial charge in [-0.3, -0.25) is 14.5 Å². The van der Waals surface area contributed by atoms with Gasteiger partial charge in [0.1, 0.15) is 0 Å². The minimum atomic E-state index is -0.780. The lowest BCUT2D eigenvalue weighted by atomic mass is 9.99. The normalized spacial score (nSPS) is 21.2. The van der Waals surface area contributed by atoms with Crippen molar-refractivity contribution in [2.75, 3.05) is 13.1 Å². The highest BCUT2D eigenvalue weighted by molar-refractivity contribution is 5.78. The predicted molar refractivity (Wildman–Crippen MR) is 83.1 cm³/mol. The Morgan fingerprint density at radius 3 is 2.57 bits per heavy atom. The maximum absolute atomic E-state index is 12.1. The van der Waals surface area contributed by atoms with E-state index in [0.29, 0.717) is 12.5 Å². The molecule has 0 spiro atoms. The van der Waals surface area contributed by atoms with Crippen molar-refractivity contribution in [1.29, 1.82) is 0 Å². The Balaban J connectivity index is 2.38. The highest BCUT2D eigenvalue weighted by atomic mass is 16.4. The van der Waals surface area contributed by atoms with E-state index >= 15 is 0 Å². The van der Waals surface area contributed by atoms with Crippen LogP contribution in [-0.4, -0.2) is 47.1 Å². The molecule has 0 aromatic heterocycles. The van der Waals surface area contributed by atoms with Crippen molar-refractivity contribution in [2.24, 2.45) is 5.92 Å². The molecule has 1 heterocycles. The van der Waals surface area contributed by atoms with Crippen LogP contribution in [0.5, 0.6) is 0 Å². The molecule has 122 valence electrons. The molecule has 0 radical (unpaired) electrons. The van der Waals surface area contributed by atoms with Gasteiger partial charge in [0.15, 0.2) is 0 Å². The summed E-state index contributed by atoms with van der Waals surface area (Å²) in [7, 11) is 0. The monoisotopic (exact) mass is 298 g/mol. The third-order valence-corrected chi connectivity index (χ3v) is 4.09. The summed E-state index contributed by atoms with van der Waals surface area (Å²) in [6.07, 6.45) is 5.21. The molecule has 5 heteroatoms. The van der Waals surface area contributed by atoms with Crippen molar-refractivity contribution in [3.05, 3.63) is 0 Å². The number of hydrogen-bond acceptors (Lipinski definition) is 3. The first-order valence-corrected chi connectivity index (χ1v) is 8.13. The molecule has 2 N–H and O–H groups in total. The number of nitrogens with one attached hydrogen (secondary N) is 1. The summed E-state index contributed by atoms with van der Waals surface area (Å²) < 4.78 is 0. The minimum absolute atomic E-state index is 0.00738. The molecule has 1 aliphatic heterocycles. The molecule has 0 aromatic rings. The van der Waals surface area contributed by atoms with Crippen LogP contribution in [0.15, 0.2) is 0 Å². The van der Waals surface area contributed by atoms with Gasteiger partial charge in [0.2, 0.25) is 5.91 Å². The Bertz CT molecular complexity index is 344. The molecule has 1 aliphatic rings. The SMILES string of the molecule is CC(C)CCC(C)NC(=O)CN1CCCCC1CC(=O)O. The summed E-state index contributed by atoms with van der Waals surface area (Å²) in [6, 6.07) is 0.190. The summed E-state index contributed by atoms with van der Waals surface area (Å²) in [5, 5.41) is 12.0. The summed E-state index contributed by atoms with van der Waals surface area (Å²) in [4.78, 5) is 25.0. The van der Waals surface area contributed by atoms with Gasteiger partial charge in [-0.15, -0.1) is 0 Å². The third-order valence-electron chi connectivity index (χ3n) is 4.09. The Hall–Kier alpha value is -1.10. The van der Waals surface area contributed by atoms with E-state index in [-0.39, 0.29) is 24.4 Å². The van der Waals surface area contributed by atoms with Gasteiger partial charge in [-0.25, -0.2) is 0 Å². The first-order valence-electron chi connectivity index (χ1n) is 8.13. The lowest BCUT2D eigenvalue weighted by Gasteiger charge is -2.34. The zero-order valence-electron chi connectivity index (χ0n) is 13.6. The molecule has 0 bridgehead atoms. The van der Waals surface area contributed by atoms with Crippen molar-refractivity contribution in [2.45, 2.75) is 71.4 Å². The first kappa shape index (κ1) is 18.0. The average molecular weight is 298 g/mol. The maximum Gasteiger partial charge on any atom is 0.304 e. The molecule has 1 rings (SSSR count). The van der Waals surface area contributed by atoms with Crippen molar-refractivity contribution in [1.82, 2.24) is 10.2 Å². The van der Waals surface area contributed by atoms with Gasteiger partial charge in [0, 0.05) is 12.1 Å². The number of carboxylic acids is 1. The van der Waals surface area contributed by atoms with E-state index in [0.717, 1.165) is 38.6 Å². The fourth-order valence-electron chi connectivity index (χ4n) is 2.86. The molecular formula is C16H30N2O3. The van der Waals surface area contributed by atoms with E-state index in [9.17, 15) is 9.59 Å². The number of carboxylic acid groups (broad SMARTS) is 1. The average Bonchev–Trinajstić information content (AvgIpc) is 2.38. The molecule has 2 unspecified atom stereocenters. The Labute approximate surface area is 128 Å². The van der Waals surface area contributed by atoms with Crippen LogP contribution in [0.4, 0.5) is 0 Å². The van der Waals surface area contributed by atoms with Crippen LogP contribution < -0.4 is 5.32 Å². The zero-order chi connectivity index (χ0) is 15.8. The van der Waals surface area contributed by atoms with E-state index < -0.39 is 5.97 Å². The largest absolute Gasteiger partial charge is 0.481 e. The van der Waals surface area contributed by atoms with E-state index in [1.165, 1.54) is 0 Å². The van der Waals surface area contributed by atoms with Crippen LogP contribution in [0.1, 0.15) is 59.3 Å². The van der Waals surface area contributed by atoms with Gasteiger partial charge < -0.3 is 10.4 Å². The standard InChI is InChI=1S/C16H30N2O3/c1-12(2)7-8-13(3)17-15(19)11-18-9-5-4-6-14(18)10-16(20)21/h12-14H,4-11H2,1-3H3,(H,17,19)(H,20,21). The summed E-state index contributed by atoms with van der Waals surface area (Å²) in [5.74, 6) is -0.118. The second-order valence-corrected chi connectivity index (χ2v) is 6.66. The minimum Gasteiger partial charge on any atom is -0.481 e. The molecule has 1 saturated heterocycles. The number of carbonyl (C=O) groups is 2. The highest BCUT2D eigenvalue weighted by Crippen LogP contribution is 2.19. The van der Waals surface area contributed by atoms with Gasteiger partial charge in [0.05, 0.1) is 13.0 Å². The highest BCUT2D eigenvalue weighted by Gasteiger charge is 2.26. The number of hydrogen-bond donors (Lipinski definition) is 2. The topological polar surface area (TPSA) is 69.6 Å². The van der Waals surface area contributed by atoms with Crippen molar-refractivity contribution < 1.29 is 14.7 Å². The molecule has 1 amide bonds. The first-order chi connectivity index (χ1) is 9.88. The van der Waals surface area contributed by atoms with Crippen LogP contribution in [0.3, 0.4) is 0 Å². The van der Waals surface area contributed by atoms with Crippen LogP contribution in [0.25, 0.3) is 0 Å². The van der Waals surface area contributed by atoms with E-state index in [1.807, 2.05) is 11.8 Å². The van der Waals surface area contributed by atoms with Gasteiger partial charge in [0.25, 0.3) is 0 Å². The lowest BCUT2D eigenvalue weighted by molar-refractivity contribution is -0.139. The van der Waals surface area contributed by atoms with Gasteiger partial charge >= 0.3 is 5.97 Å². The Kier molecular flexibility index (Phi) is 7.72. The molecule has 0 aliphatic carbocycles. The van der Waals surface area contributed by atoms with Gasteiger partial charge in [-0.2, -0.15) is 0 Å². The van der Waals surface area contributed by atoms with Crippen molar-refractivity contribution >= 4 is 11.9 Å². The number of carbonyl (C=O) groups excluding carboxylic acids is 1. The lowest BCUT2D eigenvalue weighted by Crippen LogP contribution is -2.47. The van der Waals surface area contributed by atoms with Crippen molar-refractivity contribution in [3.8, 4) is 0 Å². The molecule has 21 heavy (non-hydrogen) atoms. The number of nitrogens with zero attached hydrogens (tertiary/aromatic N) is 1. The number of piperidine rings is 1. The number of rotatable bonds is 8. The van der Waals surface area contributed by atoms with E-state index in [1.54, 1.807) is 0 Å².